The Balaban J connectivity index is 2.44. The standard InChI is InChI=1S/C16H18ClFN4O4/c1-8-3-4-11(10(18)5-8)20-13-12(17)16(26)22(2)21-14(13)15(25)19-6-9(24)7-23/h3-5,9,20,23-24H,6-7H2,1-2H3,(H,19,25). The van der Waals surface area contributed by atoms with E-state index >= 15 is 0 Å². The molecule has 2 aromatic rings. The molecule has 1 amide bonds. The predicted molar refractivity (Wildman–Crippen MR) is 94.3 cm³/mol. The Morgan fingerprint density at radius 3 is 2.77 bits per heavy atom. The molecule has 1 atom stereocenters. The molecule has 4 N–H and O–H groups in total. The zero-order valence-corrected chi connectivity index (χ0v) is 14.8. The highest BCUT2D eigenvalue weighted by atomic mass is 35.5. The minimum absolute atomic E-state index is 0.0111. The second-order valence-corrected chi connectivity index (χ2v) is 6.00. The molecule has 140 valence electrons. The Morgan fingerprint density at radius 2 is 2.15 bits per heavy atom. The fourth-order valence-electron chi connectivity index (χ4n) is 2.09. The molecule has 0 saturated heterocycles. The highest BCUT2D eigenvalue weighted by Crippen LogP contribution is 2.27. The van der Waals surface area contributed by atoms with Crippen LogP contribution in [0.1, 0.15) is 16.1 Å². The highest BCUT2D eigenvalue weighted by molar-refractivity contribution is 6.34. The van der Waals surface area contributed by atoms with Crippen LogP contribution in [0.4, 0.5) is 15.8 Å². The fraction of sp³-hybridized carbons (Fsp3) is 0.312. The number of rotatable bonds is 6. The van der Waals surface area contributed by atoms with Gasteiger partial charge < -0.3 is 20.8 Å². The van der Waals surface area contributed by atoms with Gasteiger partial charge in [0.25, 0.3) is 11.5 Å². The number of nitrogens with one attached hydrogen (secondary N) is 2. The number of benzene rings is 1. The lowest BCUT2D eigenvalue weighted by molar-refractivity contribution is 0.0798. The number of nitrogens with zero attached hydrogens (tertiary/aromatic N) is 2. The molecule has 1 aromatic heterocycles. The summed E-state index contributed by atoms with van der Waals surface area (Å²) in [5.74, 6) is -1.35. The Morgan fingerprint density at radius 1 is 1.46 bits per heavy atom. The second-order valence-electron chi connectivity index (χ2n) is 5.62. The zero-order valence-electron chi connectivity index (χ0n) is 14.1. The van der Waals surface area contributed by atoms with Crippen LogP contribution in [0.25, 0.3) is 0 Å². The summed E-state index contributed by atoms with van der Waals surface area (Å²) in [5.41, 5.74) is -0.390. The number of amides is 1. The lowest BCUT2D eigenvalue weighted by Crippen LogP contribution is -2.36. The van der Waals surface area contributed by atoms with Crippen molar-refractivity contribution in [2.45, 2.75) is 13.0 Å². The maximum atomic E-state index is 14.1. The molecule has 0 bridgehead atoms. The summed E-state index contributed by atoms with van der Waals surface area (Å²) >= 11 is 6.04. The van der Waals surface area contributed by atoms with Crippen molar-refractivity contribution in [1.82, 2.24) is 15.1 Å². The Kier molecular flexibility index (Phi) is 6.30. The molecule has 0 aliphatic carbocycles. The molecule has 1 heterocycles. The Hall–Kier alpha value is -2.49. The van der Waals surface area contributed by atoms with E-state index in [1.807, 2.05) is 0 Å². The summed E-state index contributed by atoms with van der Waals surface area (Å²) in [5, 5.41) is 26.7. The number of carbonyl (C=O) groups excluding carboxylic acids is 1. The molecule has 0 aliphatic heterocycles. The maximum absolute atomic E-state index is 14.1. The van der Waals surface area contributed by atoms with E-state index in [4.69, 9.17) is 16.7 Å². The van der Waals surface area contributed by atoms with Gasteiger partial charge in [-0.3, -0.25) is 9.59 Å². The number of aliphatic hydroxyl groups is 2. The fourth-order valence-corrected chi connectivity index (χ4v) is 2.35. The monoisotopic (exact) mass is 384 g/mol. The minimum Gasteiger partial charge on any atom is -0.394 e. The molecule has 1 unspecified atom stereocenters. The van der Waals surface area contributed by atoms with Crippen LogP contribution in [0.2, 0.25) is 5.02 Å². The quantitative estimate of drug-likeness (QED) is 0.583. The number of aromatic nitrogens is 2. The van der Waals surface area contributed by atoms with Gasteiger partial charge in [0.2, 0.25) is 0 Å². The van der Waals surface area contributed by atoms with E-state index in [-0.39, 0.29) is 28.6 Å². The van der Waals surface area contributed by atoms with E-state index in [0.29, 0.717) is 5.56 Å². The van der Waals surface area contributed by atoms with Gasteiger partial charge in [0.15, 0.2) is 5.69 Å². The number of aryl methyl sites for hydroxylation is 2. The molecule has 2 rings (SSSR count). The third-order valence-electron chi connectivity index (χ3n) is 3.50. The van der Waals surface area contributed by atoms with Gasteiger partial charge in [-0.25, -0.2) is 9.07 Å². The van der Waals surface area contributed by atoms with Crippen LogP contribution in [0.5, 0.6) is 0 Å². The minimum atomic E-state index is -1.16. The van der Waals surface area contributed by atoms with Gasteiger partial charge in [-0.2, -0.15) is 5.10 Å². The first-order valence-corrected chi connectivity index (χ1v) is 7.99. The van der Waals surface area contributed by atoms with E-state index in [9.17, 15) is 19.1 Å². The van der Waals surface area contributed by atoms with Crippen molar-refractivity contribution in [3.63, 3.8) is 0 Å². The largest absolute Gasteiger partial charge is 0.394 e. The van der Waals surface area contributed by atoms with Gasteiger partial charge in [0.1, 0.15) is 10.8 Å². The molecular weight excluding hydrogens is 367 g/mol. The first-order chi connectivity index (χ1) is 12.2. The number of halogens is 2. The summed E-state index contributed by atoms with van der Waals surface area (Å²) in [7, 11) is 1.31. The van der Waals surface area contributed by atoms with Gasteiger partial charge in [-0.1, -0.05) is 17.7 Å². The Labute approximate surface area is 153 Å². The van der Waals surface area contributed by atoms with E-state index < -0.39 is 30.0 Å². The molecule has 0 spiro atoms. The number of hydrogen-bond acceptors (Lipinski definition) is 6. The van der Waals surface area contributed by atoms with Crippen molar-refractivity contribution in [3.8, 4) is 0 Å². The highest BCUT2D eigenvalue weighted by Gasteiger charge is 2.22. The van der Waals surface area contributed by atoms with E-state index in [0.717, 1.165) is 4.68 Å². The van der Waals surface area contributed by atoms with Crippen LogP contribution < -0.4 is 16.2 Å². The van der Waals surface area contributed by atoms with Gasteiger partial charge in [0.05, 0.1) is 24.1 Å². The molecular formula is C16H18ClFN4O4. The molecule has 10 heteroatoms. The van der Waals surface area contributed by atoms with Crippen molar-refractivity contribution in [2.24, 2.45) is 7.05 Å². The summed E-state index contributed by atoms with van der Waals surface area (Å²) in [4.78, 5) is 24.4. The van der Waals surface area contributed by atoms with Crippen LogP contribution in [-0.4, -0.2) is 45.2 Å². The summed E-state index contributed by atoms with van der Waals surface area (Å²) in [6, 6.07) is 4.36. The smallest absolute Gasteiger partial charge is 0.287 e. The number of anilines is 2. The molecule has 0 fully saturated rings. The van der Waals surface area contributed by atoms with Crippen LogP contribution in [0.15, 0.2) is 23.0 Å². The average Bonchev–Trinajstić information content (AvgIpc) is 2.61. The van der Waals surface area contributed by atoms with Crippen LogP contribution in [-0.2, 0) is 7.05 Å². The molecule has 0 radical (unpaired) electrons. The molecule has 0 aliphatic rings. The normalized spacial score (nSPS) is 11.9. The lowest BCUT2D eigenvalue weighted by atomic mass is 10.2. The molecule has 26 heavy (non-hydrogen) atoms. The average molecular weight is 385 g/mol. The SMILES string of the molecule is Cc1ccc(Nc2c(C(=O)NCC(O)CO)nn(C)c(=O)c2Cl)c(F)c1. The van der Waals surface area contributed by atoms with E-state index in [1.165, 1.54) is 19.2 Å². The van der Waals surface area contributed by atoms with E-state index in [2.05, 4.69) is 15.7 Å². The molecule has 8 nitrogen and oxygen atoms in total. The maximum Gasteiger partial charge on any atom is 0.287 e. The van der Waals surface area contributed by atoms with Crippen LogP contribution in [0, 0.1) is 12.7 Å². The molecule has 1 aromatic carbocycles. The van der Waals surface area contributed by atoms with Crippen molar-refractivity contribution >= 4 is 28.9 Å². The van der Waals surface area contributed by atoms with Crippen LogP contribution >= 0.6 is 11.6 Å². The van der Waals surface area contributed by atoms with Crippen molar-refractivity contribution in [3.05, 3.63) is 50.7 Å². The Bertz CT molecular complexity index is 887. The lowest BCUT2D eigenvalue weighted by Gasteiger charge is -2.15. The second kappa shape index (κ2) is 8.26. The summed E-state index contributed by atoms with van der Waals surface area (Å²) in [6.45, 7) is 0.933. The first kappa shape index (κ1) is 19.8. The van der Waals surface area contributed by atoms with Crippen LogP contribution in [0.3, 0.4) is 0 Å². The van der Waals surface area contributed by atoms with Crippen molar-refractivity contribution in [1.29, 1.82) is 0 Å². The molecule has 0 saturated carbocycles. The first-order valence-electron chi connectivity index (χ1n) is 7.61. The topological polar surface area (TPSA) is 116 Å². The van der Waals surface area contributed by atoms with Gasteiger partial charge in [-0.05, 0) is 24.6 Å². The van der Waals surface area contributed by atoms with Gasteiger partial charge in [0, 0.05) is 13.6 Å². The van der Waals surface area contributed by atoms with Gasteiger partial charge in [-0.15, -0.1) is 0 Å². The number of aliphatic hydroxyl groups excluding tert-OH is 2. The predicted octanol–water partition coefficient (Wildman–Crippen LogP) is 0.708. The van der Waals surface area contributed by atoms with E-state index in [1.54, 1.807) is 13.0 Å². The van der Waals surface area contributed by atoms with Gasteiger partial charge >= 0.3 is 0 Å². The number of hydrogen-bond donors (Lipinski definition) is 4. The zero-order chi connectivity index (χ0) is 19.4. The summed E-state index contributed by atoms with van der Waals surface area (Å²) < 4.78 is 15.0. The van der Waals surface area contributed by atoms with Crippen molar-refractivity contribution < 1.29 is 19.4 Å². The number of carbonyl (C=O) groups is 1. The third kappa shape index (κ3) is 4.37. The summed E-state index contributed by atoms with van der Waals surface area (Å²) in [6.07, 6.45) is -1.16. The third-order valence-corrected chi connectivity index (χ3v) is 3.85. The van der Waals surface area contributed by atoms with Crippen molar-refractivity contribution in [2.75, 3.05) is 18.5 Å².